The van der Waals surface area contributed by atoms with Crippen LogP contribution < -0.4 is 10.0 Å². The highest BCUT2D eigenvalue weighted by molar-refractivity contribution is 7.92. The lowest BCUT2D eigenvalue weighted by atomic mass is 10.1. The van der Waals surface area contributed by atoms with Crippen LogP contribution in [0.5, 0.6) is 0 Å². The molecular weight excluding hydrogens is 286 g/mol. The molecular formula is C15H19N3O2S. The first kappa shape index (κ1) is 15.3. The van der Waals surface area contributed by atoms with E-state index in [1.165, 1.54) is 6.07 Å². The summed E-state index contributed by atoms with van der Waals surface area (Å²) in [5.41, 5.74) is 3.51. The highest BCUT2D eigenvalue weighted by atomic mass is 32.2. The van der Waals surface area contributed by atoms with Crippen LogP contribution in [0.1, 0.15) is 16.7 Å². The highest BCUT2D eigenvalue weighted by Crippen LogP contribution is 2.26. The molecule has 0 aliphatic rings. The summed E-state index contributed by atoms with van der Waals surface area (Å²) < 4.78 is 27.8. The van der Waals surface area contributed by atoms with Gasteiger partial charge in [0.25, 0.3) is 10.0 Å². The van der Waals surface area contributed by atoms with Gasteiger partial charge in [0.05, 0.1) is 5.69 Å². The Morgan fingerprint density at radius 1 is 1.10 bits per heavy atom. The minimum absolute atomic E-state index is 0.131. The Hall–Kier alpha value is -2.08. The molecule has 2 N–H and O–H groups in total. The Labute approximate surface area is 125 Å². The molecule has 0 unspecified atom stereocenters. The molecule has 0 aliphatic carbocycles. The molecule has 1 heterocycles. The third-order valence-corrected chi connectivity index (χ3v) is 4.59. The summed E-state index contributed by atoms with van der Waals surface area (Å²) in [6.45, 7) is 5.76. The Balaban J connectivity index is 2.48. The van der Waals surface area contributed by atoms with Crippen LogP contribution in [0.3, 0.4) is 0 Å². The Kier molecular flexibility index (Phi) is 4.18. The van der Waals surface area contributed by atoms with Crippen molar-refractivity contribution in [3.63, 3.8) is 0 Å². The molecule has 21 heavy (non-hydrogen) atoms. The van der Waals surface area contributed by atoms with Crippen molar-refractivity contribution < 1.29 is 8.42 Å². The first-order valence-corrected chi connectivity index (χ1v) is 8.07. The van der Waals surface area contributed by atoms with Gasteiger partial charge in [-0.2, -0.15) is 0 Å². The summed E-state index contributed by atoms with van der Waals surface area (Å²) in [5, 5.41) is 2.80. The second-order valence-corrected chi connectivity index (χ2v) is 6.63. The number of sulfonamides is 1. The lowest BCUT2D eigenvalue weighted by molar-refractivity contribution is 0.601. The number of benzene rings is 1. The summed E-state index contributed by atoms with van der Waals surface area (Å²) in [4.78, 5) is 4.17. The molecule has 0 bridgehead atoms. The monoisotopic (exact) mass is 305 g/mol. The van der Waals surface area contributed by atoms with Gasteiger partial charge in [-0.15, -0.1) is 0 Å². The van der Waals surface area contributed by atoms with E-state index in [0.717, 1.165) is 16.7 Å². The van der Waals surface area contributed by atoms with Gasteiger partial charge < -0.3 is 5.32 Å². The van der Waals surface area contributed by atoms with Gasteiger partial charge in [-0.1, -0.05) is 17.7 Å². The van der Waals surface area contributed by atoms with Gasteiger partial charge in [-0.3, -0.25) is 4.72 Å². The van der Waals surface area contributed by atoms with Gasteiger partial charge in [-0.25, -0.2) is 13.4 Å². The average Bonchev–Trinajstić information content (AvgIpc) is 2.43. The second kappa shape index (κ2) is 5.73. The number of hydrogen-bond donors (Lipinski definition) is 2. The zero-order valence-corrected chi connectivity index (χ0v) is 13.4. The molecule has 0 amide bonds. The van der Waals surface area contributed by atoms with E-state index in [-0.39, 0.29) is 4.90 Å². The summed E-state index contributed by atoms with van der Waals surface area (Å²) in [7, 11) is -2.05. The molecule has 112 valence electrons. The van der Waals surface area contributed by atoms with E-state index in [1.807, 2.05) is 32.9 Å². The molecule has 6 heteroatoms. The van der Waals surface area contributed by atoms with Crippen LogP contribution in [0.4, 0.5) is 11.5 Å². The molecule has 0 aliphatic heterocycles. The third-order valence-electron chi connectivity index (χ3n) is 3.21. The molecule has 0 atom stereocenters. The smallest absolute Gasteiger partial charge is 0.265 e. The quantitative estimate of drug-likeness (QED) is 0.911. The van der Waals surface area contributed by atoms with Crippen molar-refractivity contribution in [3.05, 3.63) is 47.2 Å². The van der Waals surface area contributed by atoms with Crippen LogP contribution in [-0.4, -0.2) is 20.4 Å². The fourth-order valence-electron chi connectivity index (χ4n) is 2.33. The normalized spacial score (nSPS) is 11.2. The molecule has 0 radical (unpaired) electrons. The predicted octanol–water partition coefficient (Wildman–Crippen LogP) is 2.85. The second-order valence-electron chi connectivity index (χ2n) is 4.98. The van der Waals surface area contributed by atoms with E-state index in [2.05, 4.69) is 15.0 Å². The van der Waals surface area contributed by atoms with Gasteiger partial charge in [0, 0.05) is 13.2 Å². The largest absolute Gasteiger partial charge is 0.372 e. The Bertz CT molecular complexity index is 747. The van der Waals surface area contributed by atoms with Crippen molar-refractivity contribution in [1.82, 2.24) is 4.98 Å². The number of aryl methyl sites for hydroxylation is 3. The minimum Gasteiger partial charge on any atom is -0.372 e. The predicted molar refractivity (Wildman–Crippen MR) is 85.2 cm³/mol. The molecule has 0 spiro atoms. The number of nitrogens with zero attached hydrogens (tertiary/aromatic N) is 1. The molecule has 0 saturated carbocycles. The van der Waals surface area contributed by atoms with Crippen molar-refractivity contribution in [2.24, 2.45) is 0 Å². The van der Waals surface area contributed by atoms with Crippen LogP contribution in [0.15, 0.2) is 35.4 Å². The molecule has 0 fully saturated rings. The van der Waals surface area contributed by atoms with Crippen molar-refractivity contribution in [2.45, 2.75) is 25.7 Å². The van der Waals surface area contributed by atoms with Crippen molar-refractivity contribution >= 4 is 21.5 Å². The SMILES string of the molecule is CNc1ncccc1S(=O)(=O)Nc1c(C)cc(C)cc1C. The van der Waals surface area contributed by atoms with Crippen LogP contribution in [0, 0.1) is 20.8 Å². The minimum atomic E-state index is -3.69. The molecule has 5 nitrogen and oxygen atoms in total. The van der Waals surface area contributed by atoms with Crippen molar-refractivity contribution in [1.29, 1.82) is 0 Å². The molecule has 1 aromatic heterocycles. The number of aromatic nitrogens is 1. The maximum absolute atomic E-state index is 12.6. The maximum Gasteiger partial charge on any atom is 0.265 e. The van der Waals surface area contributed by atoms with E-state index >= 15 is 0 Å². The summed E-state index contributed by atoms with van der Waals surface area (Å²) in [5.74, 6) is 0.326. The first-order valence-electron chi connectivity index (χ1n) is 6.58. The topological polar surface area (TPSA) is 71.1 Å². The fourth-order valence-corrected chi connectivity index (χ4v) is 3.69. The van der Waals surface area contributed by atoms with Gasteiger partial charge in [0.15, 0.2) is 0 Å². The van der Waals surface area contributed by atoms with E-state index < -0.39 is 10.0 Å². The van der Waals surface area contributed by atoms with Crippen molar-refractivity contribution in [3.8, 4) is 0 Å². The number of nitrogens with one attached hydrogen (secondary N) is 2. The van der Waals surface area contributed by atoms with E-state index in [4.69, 9.17) is 0 Å². The Morgan fingerprint density at radius 3 is 2.29 bits per heavy atom. The number of hydrogen-bond acceptors (Lipinski definition) is 4. The summed E-state index contributed by atoms with van der Waals surface area (Å²) in [6.07, 6.45) is 1.55. The van der Waals surface area contributed by atoms with Crippen LogP contribution in [0.25, 0.3) is 0 Å². The standard InChI is InChI=1S/C15H19N3O2S/c1-10-8-11(2)14(12(3)9-10)18-21(19,20)13-6-5-7-17-15(13)16-4/h5-9,18H,1-4H3,(H,16,17). The first-order chi connectivity index (χ1) is 9.85. The van der Waals surface area contributed by atoms with Crippen LogP contribution >= 0.6 is 0 Å². The molecule has 2 aromatic rings. The third kappa shape index (κ3) is 3.16. The highest BCUT2D eigenvalue weighted by Gasteiger charge is 2.20. The molecule has 2 rings (SSSR count). The van der Waals surface area contributed by atoms with E-state index in [0.29, 0.717) is 11.5 Å². The fraction of sp³-hybridized carbons (Fsp3) is 0.267. The van der Waals surface area contributed by atoms with Gasteiger partial charge in [-0.05, 0) is 44.0 Å². The lowest BCUT2D eigenvalue weighted by Crippen LogP contribution is -2.17. The molecule has 0 saturated heterocycles. The van der Waals surface area contributed by atoms with Gasteiger partial charge >= 0.3 is 0 Å². The van der Waals surface area contributed by atoms with Gasteiger partial charge in [0.1, 0.15) is 10.7 Å². The van der Waals surface area contributed by atoms with E-state index in [9.17, 15) is 8.42 Å². The molecule has 1 aromatic carbocycles. The average molecular weight is 305 g/mol. The number of rotatable bonds is 4. The number of pyridine rings is 1. The summed E-state index contributed by atoms with van der Waals surface area (Å²) >= 11 is 0. The number of anilines is 2. The Morgan fingerprint density at radius 2 is 1.71 bits per heavy atom. The lowest BCUT2D eigenvalue weighted by Gasteiger charge is -2.15. The summed E-state index contributed by atoms with van der Waals surface area (Å²) in [6, 6.07) is 7.03. The van der Waals surface area contributed by atoms with Gasteiger partial charge in [0.2, 0.25) is 0 Å². The van der Waals surface area contributed by atoms with Crippen molar-refractivity contribution in [2.75, 3.05) is 17.1 Å². The van der Waals surface area contributed by atoms with Crippen LogP contribution in [0.2, 0.25) is 0 Å². The van der Waals surface area contributed by atoms with E-state index in [1.54, 1.807) is 19.3 Å². The van der Waals surface area contributed by atoms with Crippen LogP contribution in [-0.2, 0) is 10.0 Å². The zero-order valence-electron chi connectivity index (χ0n) is 12.6. The zero-order chi connectivity index (χ0) is 15.6. The maximum atomic E-state index is 12.6.